The van der Waals surface area contributed by atoms with Crippen LogP contribution in [0.1, 0.15) is 59.4 Å². The van der Waals surface area contributed by atoms with Gasteiger partial charge in [-0.3, -0.25) is 9.59 Å². The van der Waals surface area contributed by atoms with E-state index >= 15 is 0 Å². The lowest BCUT2D eigenvalue weighted by Crippen LogP contribution is -2.49. The zero-order chi connectivity index (χ0) is 35.9. The van der Waals surface area contributed by atoms with E-state index in [0.29, 0.717) is 32.7 Å². The minimum atomic E-state index is -0.785. The van der Waals surface area contributed by atoms with Crippen LogP contribution in [0.4, 0.5) is 0 Å². The van der Waals surface area contributed by atoms with Crippen LogP contribution >= 0.6 is 46.4 Å². The molecule has 0 saturated carbocycles. The Morgan fingerprint density at radius 1 is 0.500 bits per heavy atom. The van der Waals surface area contributed by atoms with Gasteiger partial charge >= 0.3 is 0 Å². The van der Waals surface area contributed by atoms with E-state index in [-0.39, 0.29) is 36.7 Å². The Bertz CT molecular complexity index is 1660. The van der Waals surface area contributed by atoms with Crippen molar-refractivity contribution in [2.45, 2.75) is 49.3 Å². The minimum Gasteiger partial charge on any atom is -0.357 e. The van der Waals surface area contributed by atoms with E-state index in [9.17, 15) is 19.2 Å². The lowest BCUT2D eigenvalue weighted by molar-refractivity contribution is -0.172. The number of rotatable bonds is 8. The van der Waals surface area contributed by atoms with Crippen LogP contribution in [0.5, 0.6) is 0 Å². The van der Waals surface area contributed by atoms with Crippen molar-refractivity contribution in [3.05, 3.63) is 139 Å². The molecule has 0 unspecified atom stereocenters. The van der Waals surface area contributed by atoms with Crippen LogP contribution in [0, 0.1) is 0 Å². The highest BCUT2D eigenvalue weighted by Crippen LogP contribution is 2.43. The third kappa shape index (κ3) is 8.57. The van der Waals surface area contributed by atoms with Gasteiger partial charge in [0.15, 0.2) is 0 Å². The summed E-state index contributed by atoms with van der Waals surface area (Å²) in [6.07, 6.45) is -0.924. The molecular formula is C38H34Cl4N2O6. The van der Waals surface area contributed by atoms with Crippen LogP contribution in [0.25, 0.3) is 0 Å². The smallest absolute Gasteiger partial charge is 0.252 e. The number of aldehydes is 2. The maximum Gasteiger partial charge on any atom is 0.252 e. The monoisotopic (exact) mass is 754 g/mol. The molecule has 50 heavy (non-hydrogen) atoms. The van der Waals surface area contributed by atoms with Crippen LogP contribution in [0.2, 0.25) is 20.1 Å². The first-order valence-electron chi connectivity index (χ1n) is 15.8. The molecule has 12 heteroatoms. The predicted octanol–water partition coefficient (Wildman–Crippen LogP) is 8.44. The van der Waals surface area contributed by atoms with Crippen LogP contribution < -0.4 is 0 Å². The maximum absolute atomic E-state index is 12.6. The Balaban J connectivity index is 0.000000194. The summed E-state index contributed by atoms with van der Waals surface area (Å²) in [7, 11) is 3.45. The topological polar surface area (TPSA) is 93.2 Å². The zero-order valence-electron chi connectivity index (χ0n) is 27.1. The molecule has 0 radical (unpaired) electrons. The molecule has 2 amide bonds. The Labute approximate surface area is 310 Å². The van der Waals surface area contributed by atoms with E-state index in [4.69, 9.17) is 55.9 Å². The zero-order valence-corrected chi connectivity index (χ0v) is 30.2. The standard InChI is InChI=1S/2C19H17Cl2NO3/c2*1-22-17(12-2-6-14(20)7-3-12)18(13-4-8-15(21)9-5-13)25-16(10-11-23)19(22)24/h2*2-9,11,16-18H,10H2,1H3/t2*16-,17+,18-/m10/s1. The third-order valence-electron chi connectivity index (χ3n) is 8.72. The molecule has 2 fully saturated rings. The number of carbonyl (C=O) groups is 4. The number of morpholine rings is 2. The van der Waals surface area contributed by atoms with Gasteiger partial charge in [0.1, 0.15) is 37.0 Å². The molecule has 2 heterocycles. The predicted molar refractivity (Wildman–Crippen MR) is 193 cm³/mol. The molecule has 6 rings (SSSR count). The van der Waals surface area contributed by atoms with Crippen LogP contribution in [0.3, 0.4) is 0 Å². The molecule has 2 aliphatic rings. The first kappa shape index (κ1) is 37.5. The van der Waals surface area contributed by atoms with Crippen molar-refractivity contribution in [1.29, 1.82) is 0 Å². The van der Waals surface area contributed by atoms with Crippen LogP contribution in [0.15, 0.2) is 97.1 Å². The van der Waals surface area contributed by atoms with E-state index in [0.717, 1.165) is 22.3 Å². The first-order valence-corrected chi connectivity index (χ1v) is 17.3. The summed E-state index contributed by atoms with van der Waals surface area (Å²) in [4.78, 5) is 50.3. The normalized spacial score (nSPS) is 23.6. The summed E-state index contributed by atoms with van der Waals surface area (Å²) in [6.45, 7) is 0. The summed E-state index contributed by atoms with van der Waals surface area (Å²) in [5, 5.41) is 2.49. The lowest BCUT2D eigenvalue weighted by atomic mass is 9.92. The molecule has 8 nitrogen and oxygen atoms in total. The first-order chi connectivity index (χ1) is 24.0. The Morgan fingerprint density at radius 2 is 0.760 bits per heavy atom. The SMILES string of the molecule is CN1C(=O)[C@@H](CC=O)O[C@H](c2ccc(Cl)cc2)[C@@H]1c1ccc(Cl)cc1.CN1C(=O)[C@H](CC=O)O[C@@H](c2ccc(Cl)cc2)[C@H]1c1ccc(Cl)cc1. The van der Waals surface area contributed by atoms with Crippen LogP contribution in [-0.4, -0.2) is 60.5 Å². The van der Waals surface area contributed by atoms with E-state index in [1.54, 1.807) is 72.4 Å². The molecule has 0 aliphatic carbocycles. The van der Waals surface area contributed by atoms with Gasteiger partial charge in [0.05, 0.1) is 12.1 Å². The maximum atomic E-state index is 12.6. The average molecular weight is 757 g/mol. The van der Waals surface area contributed by atoms with Crippen molar-refractivity contribution < 1.29 is 28.7 Å². The Kier molecular flexibility index (Phi) is 12.7. The van der Waals surface area contributed by atoms with E-state index in [2.05, 4.69) is 0 Å². The Hall–Kier alpha value is -3.76. The second-order valence-electron chi connectivity index (χ2n) is 11.9. The van der Waals surface area contributed by atoms with Gasteiger partial charge in [-0.25, -0.2) is 0 Å². The van der Waals surface area contributed by atoms with E-state index in [1.807, 2.05) is 48.5 Å². The summed E-state index contributed by atoms with van der Waals surface area (Å²) >= 11 is 23.9. The fourth-order valence-corrected chi connectivity index (χ4v) is 6.69. The minimum absolute atomic E-state index is 0.0284. The molecule has 0 spiro atoms. The quantitative estimate of drug-likeness (QED) is 0.168. The highest BCUT2D eigenvalue weighted by atomic mass is 35.5. The Morgan fingerprint density at radius 3 is 1.02 bits per heavy atom. The third-order valence-corrected chi connectivity index (χ3v) is 9.72. The molecule has 4 aromatic rings. The molecule has 0 bridgehead atoms. The molecule has 6 atom stereocenters. The summed E-state index contributed by atoms with van der Waals surface area (Å²) in [6, 6.07) is 28.6. The van der Waals surface area contributed by atoms with Gasteiger partial charge in [-0.05, 0) is 70.8 Å². The number of hydrogen-bond acceptors (Lipinski definition) is 6. The fraction of sp³-hybridized carbons (Fsp3) is 0.263. The highest BCUT2D eigenvalue weighted by molar-refractivity contribution is 6.31. The molecule has 0 N–H and O–H groups in total. The number of hydrogen-bond donors (Lipinski definition) is 0. The number of carbonyl (C=O) groups excluding carboxylic acids is 4. The molecule has 2 aliphatic heterocycles. The second kappa shape index (κ2) is 17.0. The average Bonchev–Trinajstić information content (AvgIpc) is 3.11. The van der Waals surface area contributed by atoms with Gasteiger partial charge in [-0.1, -0.05) is 94.9 Å². The van der Waals surface area contributed by atoms with Crippen molar-refractivity contribution >= 4 is 70.8 Å². The lowest BCUT2D eigenvalue weighted by Gasteiger charge is -2.42. The summed E-state index contributed by atoms with van der Waals surface area (Å²) < 4.78 is 12.1. The number of nitrogens with zero attached hydrogens (tertiary/aromatic N) is 2. The van der Waals surface area contributed by atoms with Crippen molar-refractivity contribution in [3.63, 3.8) is 0 Å². The number of amides is 2. The molecule has 260 valence electrons. The van der Waals surface area contributed by atoms with Crippen molar-refractivity contribution in [2.24, 2.45) is 0 Å². The highest BCUT2D eigenvalue weighted by Gasteiger charge is 2.43. The number of ether oxygens (including phenoxy) is 2. The summed E-state index contributed by atoms with van der Waals surface area (Å²) in [5.74, 6) is -0.422. The van der Waals surface area contributed by atoms with Gasteiger partial charge in [-0.2, -0.15) is 0 Å². The molecular weight excluding hydrogens is 722 g/mol. The van der Waals surface area contributed by atoms with Gasteiger partial charge in [-0.15, -0.1) is 0 Å². The van der Waals surface area contributed by atoms with E-state index < -0.39 is 24.4 Å². The summed E-state index contributed by atoms with van der Waals surface area (Å²) in [5.41, 5.74) is 3.59. The van der Waals surface area contributed by atoms with Crippen molar-refractivity contribution in [2.75, 3.05) is 14.1 Å². The molecule has 0 aromatic heterocycles. The van der Waals surface area contributed by atoms with E-state index in [1.165, 1.54) is 0 Å². The van der Waals surface area contributed by atoms with Gasteiger partial charge < -0.3 is 28.9 Å². The second-order valence-corrected chi connectivity index (χ2v) is 13.6. The van der Waals surface area contributed by atoms with Crippen LogP contribution in [-0.2, 0) is 28.7 Å². The molecule has 4 aromatic carbocycles. The van der Waals surface area contributed by atoms with Crippen molar-refractivity contribution in [1.82, 2.24) is 9.80 Å². The number of halogens is 4. The largest absolute Gasteiger partial charge is 0.357 e. The van der Waals surface area contributed by atoms with Gasteiger partial charge in [0.25, 0.3) is 11.8 Å². The number of likely N-dealkylation sites (N-methyl/N-ethyl adjacent to an activating group) is 2. The molecule has 2 saturated heterocycles. The van der Waals surface area contributed by atoms with Crippen molar-refractivity contribution in [3.8, 4) is 0 Å². The van der Waals surface area contributed by atoms with Gasteiger partial charge in [0.2, 0.25) is 0 Å². The fourth-order valence-electron chi connectivity index (χ4n) is 6.18. The number of benzene rings is 4. The van der Waals surface area contributed by atoms with Gasteiger partial charge in [0, 0.05) is 47.0 Å².